The fraction of sp³-hybridized carbons (Fsp3) is 0.286. The van der Waals surface area contributed by atoms with Crippen molar-refractivity contribution >= 4 is 23.2 Å². The number of carbonyl (C=O) groups excluding carboxylic acids is 2. The van der Waals surface area contributed by atoms with Gasteiger partial charge in [0.15, 0.2) is 0 Å². The summed E-state index contributed by atoms with van der Waals surface area (Å²) in [5, 5.41) is 0. The van der Waals surface area contributed by atoms with Crippen molar-refractivity contribution in [1.82, 2.24) is 9.80 Å². The van der Waals surface area contributed by atoms with E-state index >= 15 is 0 Å². The van der Waals surface area contributed by atoms with Crippen molar-refractivity contribution in [3.8, 4) is 0 Å². The predicted molar refractivity (Wildman–Crippen MR) is 188 cm³/mol. The third-order valence-electron chi connectivity index (χ3n) is 9.15. The molecule has 2 aliphatic rings. The molecule has 0 fully saturated rings. The lowest BCUT2D eigenvalue weighted by molar-refractivity contribution is -0.124. The first-order valence-corrected chi connectivity index (χ1v) is 16.2. The van der Waals surface area contributed by atoms with Crippen molar-refractivity contribution in [2.45, 2.75) is 79.3 Å². The van der Waals surface area contributed by atoms with Crippen molar-refractivity contribution in [3.63, 3.8) is 0 Å². The van der Waals surface area contributed by atoms with Gasteiger partial charge in [-0.25, -0.2) is 0 Å². The van der Waals surface area contributed by atoms with E-state index in [9.17, 15) is 9.59 Å². The maximum Gasteiger partial charge on any atom is 0.261 e. The van der Waals surface area contributed by atoms with Crippen LogP contribution in [0.3, 0.4) is 0 Å². The van der Waals surface area contributed by atoms with Crippen LogP contribution in [-0.4, -0.2) is 21.6 Å². The SMILES string of the molecule is Cc1ccc(C2=C3C(=O)N(Cc4ccc(C(C)(C)C)cc4)C(c4ccc(C)cc4)=C3C(=O)N2Cc2ccc(C(C)(C)C)cc2)cc1. The first kappa shape index (κ1) is 31.3. The first-order valence-electron chi connectivity index (χ1n) is 16.2. The quantitative estimate of drug-likeness (QED) is 0.219. The van der Waals surface area contributed by atoms with Crippen molar-refractivity contribution in [1.29, 1.82) is 0 Å². The van der Waals surface area contributed by atoms with E-state index in [1.165, 1.54) is 11.1 Å². The van der Waals surface area contributed by atoms with E-state index in [2.05, 4.69) is 90.1 Å². The van der Waals surface area contributed by atoms with Crippen molar-refractivity contribution in [3.05, 3.63) is 153 Å². The van der Waals surface area contributed by atoms with Crippen LogP contribution in [0.2, 0.25) is 0 Å². The zero-order valence-electron chi connectivity index (χ0n) is 28.4. The van der Waals surface area contributed by atoms with Gasteiger partial charge in [-0.1, -0.05) is 150 Å². The van der Waals surface area contributed by atoms with E-state index in [-0.39, 0.29) is 22.6 Å². The number of carbonyl (C=O) groups is 2. The van der Waals surface area contributed by atoms with Gasteiger partial charge in [0.25, 0.3) is 11.8 Å². The second-order valence-corrected chi connectivity index (χ2v) is 14.9. The van der Waals surface area contributed by atoms with E-state index in [4.69, 9.17) is 0 Å². The second-order valence-electron chi connectivity index (χ2n) is 14.9. The maximum atomic E-state index is 14.7. The highest BCUT2D eigenvalue weighted by Gasteiger charge is 2.48. The lowest BCUT2D eigenvalue weighted by Crippen LogP contribution is -2.29. The van der Waals surface area contributed by atoms with Gasteiger partial charge in [-0.2, -0.15) is 0 Å². The van der Waals surface area contributed by atoms with Crippen LogP contribution in [0.4, 0.5) is 0 Å². The van der Waals surface area contributed by atoms with Crippen LogP contribution in [-0.2, 0) is 33.5 Å². The van der Waals surface area contributed by atoms with Gasteiger partial charge in [-0.15, -0.1) is 0 Å². The molecule has 4 nitrogen and oxygen atoms in total. The molecule has 0 unspecified atom stereocenters. The molecule has 0 saturated carbocycles. The summed E-state index contributed by atoms with van der Waals surface area (Å²) < 4.78 is 0. The third kappa shape index (κ3) is 5.85. The molecular formula is C42H44N2O2. The van der Waals surface area contributed by atoms with Crippen LogP contribution in [0.15, 0.2) is 108 Å². The van der Waals surface area contributed by atoms with Gasteiger partial charge in [0.1, 0.15) is 0 Å². The Labute approximate surface area is 274 Å². The Balaban J connectivity index is 1.49. The molecule has 0 aliphatic carbocycles. The average molecular weight is 609 g/mol. The highest BCUT2D eigenvalue weighted by atomic mass is 16.2. The molecule has 234 valence electrons. The summed E-state index contributed by atoms with van der Waals surface area (Å²) in [6.07, 6.45) is 0. The van der Waals surface area contributed by atoms with Gasteiger partial charge in [0.05, 0.1) is 35.6 Å². The molecule has 6 rings (SSSR count). The number of rotatable bonds is 6. The van der Waals surface area contributed by atoms with E-state index in [1.54, 1.807) is 0 Å². The van der Waals surface area contributed by atoms with Gasteiger partial charge in [-0.05, 0) is 58.1 Å². The summed E-state index contributed by atoms with van der Waals surface area (Å²) >= 11 is 0. The Bertz CT molecular complexity index is 1720. The van der Waals surface area contributed by atoms with Crippen LogP contribution >= 0.6 is 0 Å². The molecule has 2 amide bonds. The molecule has 4 aromatic rings. The summed E-state index contributed by atoms with van der Waals surface area (Å²) in [6, 6.07) is 33.2. The zero-order valence-corrected chi connectivity index (χ0v) is 28.4. The third-order valence-corrected chi connectivity index (χ3v) is 9.15. The largest absolute Gasteiger partial charge is 0.302 e. The molecule has 2 heterocycles. The molecule has 0 atom stereocenters. The maximum absolute atomic E-state index is 14.7. The summed E-state index contributed by atoms with van der Waals surface area (Å²) in [7, 11) is 0. The minimum absolute atomic E-state index is 0.0325. The Morgan fingerprint density at radius 2 is 0.761 bits per heavy atom. The van der Waals surface area contributed by atoms with Crippen LogP contribution < -0.4 is 0 Å². The molecule has 46 heavy (non-hydrogen) atoms. The highest BCUT2D eigenvalue weighted by Crippen LogP contribution is 2.47. The van der Waals surface area contributed by atoms with Crippen LogP contribution in [0.1, 0.15) is 86.1 Å². The number of nitrogens with zero attached hydrogens (tertiary/aromatic N) is 2. The first-order chi connectivity index (χ1) is 21.7. The Hall–Kier alpha value is -4.70. The molecule has 0 aromatic heterocycles. The van der Waals surface area contributed by atoms with Crippen LogP contribution in [0.5, 0.6) is 0 Å². The minimum Gasteiger partial charge on any atom is -0.302 e. The molecule has 4 aromatic carbocycles. The topological polar surface area (TPSA) is 40.6 Å². The molecule has 0 saturated heterocycles. The standard InChI is InChI=1S/C42H44N2O2/c1-27-9-17-31(18-10-27)37-35-36(40(46)43(37)25-29-13-21-33(22-14-29)41(3,4)5)38(32-19-11-28(2)12-20-32)44(39(35)45)26-30-15-23-34(24-16-30)42(6,7)8/h9-24H,25-26H2,1-8H3. The van der Waals surface area contributed by atoms with Gasteiger partial charge in [0, 0.05) is 0 Å². The molecular weight excluding hydrogens is 564 g/mol. The van der Waals surface area contributed by atoms with E-state index in [0.29, 0.717) is 35.6 Å². The van der Waals surface area contributed by atoms with Crippen molar-refractivity contribution < 1.29 is 9.59 Å². The lowest BCUT2D eigenvalue weighted by Gasteiger charge is -2.26. The van der Waals surface area contributed by atoms with Crippen LogP contribution in [0, 0.1) is 13.8 Å². The lowest BCUT2D eigenvalue weighted by atomic mass is 9.87. The smallest absolute Gasteiger partial charge is 0.261 e. The summed E-state index contributed by atoms with van der Waals surface area (Å²) in [4.78, 5) is 32.9. The van der Waals surface area contributed by atoms with Gasteiger partial charge >= 0.3 is 0 Å². The number of hydrogen-bond donors (Lipinski definition) is 0. The summed E-state index contributed by atoms with van der Waals surface area (Å²) in [5.74, 6) is -0.278. The number of amides is 2. The predicted octanol–water partition coefficient (Wildman–Crippen LogP) is 9.11. The minimum atomic E-state index is -0.139. The molecule has 0 radical (unpaired) electrons. The van der Waals surface area contributed by atoms with E-state index < -0.39 is 0 Å². The van der Waals surface area contributed by atoms with Gasteiger partial charge in [0.2, 0.25) is 0 Å². The van der Waals surface area contributed by atoms with E-state index in [1.807, 2.05) is 72.2 Å². The molecule has 0 N–H and O–H groups in total. The summed E-state index contributed by atoms with van der Waals surface area (Å²) in [5.41, 5.74) is 10.9. The van der Waals surface area contributed by atoms with Gasteiger partial charge < -0.3 is 9.80 Å². The zero-order chi connectivity index (χ0) is 33.0. The number of hydrogen-bond acceptors (Lipinski definition) is 2. The normalized spacial score (nSPS) is 15.4. The van der Waals surface area contributed by atoms with Gasteiger partial charge in [-0.3, -0.25) is 9.59 Å². The average Bonchev–Trinajstić information content (AvgIpc) is 3.44. The number of fused-ring (bicyclic) bond motifs is 1. The monoisotopic (exact) mass is 608 g/mol. The van der Waals surface area contributed by atoms with Crippen molar-refractivity contribution in [2.75, 3.05) is 0 Å². The molecule has 4 heteroatoms. The second kappa shape index (κ2) is 11.6. The number of benzene rings is 4. The highest BCUT2D eigenvalue weighted by molar-refractivity contribution is 6.30. The van der Waals surface area contributed by atoms with Crippen molar-refractivity contribution in [2.24, 2.45) is 0 Å². The fourth-order valence-corrected chi connectivity index (χ4v) is 6.31. The Morgan fingerprint density at radius 3 is 1.04 bits per heavy atom. The molecule has 2 aliphatic heterocycles. The summed E-state index contributed by atoms with van der Waals surface area (Å²) in [6.45, 7) is 18.0. The van der Waals surface area contributed by atoms with Crippen LogP contribution in [0.25, 0.3) is 11.4 Å². The van der Waals surface area contributed by atoms with E-state index in [0.717, 1.165) is 33.4 Å². The Morgan fingerprint density at radius 1 is 0.457 bits per heavy atom. The Kier molecular flexibility index (Phi) is 7.88. The number of aryl methyl sites for hydroxylation is 2. The molecule has 0 bridgehead atoms. The molecule has 0 spiro atoms. The fourth-order valence-electron chi connectivity index (χ4n) is 6.31.